The fraction of sp³-hybridized carbons (Fsp3) is 0.182. The van der Waals surface area contributed by atoms with E-state index in [1.165, 1.54) is 0 Å². The van der Waals surface area contributed by atoms with Crippen LogP contribution in [-0.4, -0.2) is 25.5 Å². The average molecular weight is 362 g/mol. The van der Waals surface area contributed by atoms with E-state index in [2.05, 4.69) is 10.6 Å². The summed E-state index contributed by atoms with van der Waals surface area (Å²) in [6.45, 7) is 0.274. The molecular formula is C22H22N2O3. The number of methoxy groups -OCH3 is 1. The van der Waals surface area contributed by atoms with Crippen LogP contribution in [0, 0.1) is 0 Å². The Morgan fingerprint density at radius 3 is 2.37 bits per heavy atom. The number of ether oxygens (including phenoxy) is 1. The fourth-order valence-corrected chi connectivity index (χ4v) is 2.96. The van der Waals surface area contributed by atoms with E-state index >= 15 is 0 Å². The van der Waals surface area contributed by atoms with Gasteiger partial charge in [-0.05, 0) is 22.4 Å². The standard InChI is InChI=1S/C22H22N2O3/c1-27-20-12-11-17-9-5-6-10-18(17)19(20)14-23-22(26)15-24-21(25)13-16-7-3-2-4-8-16/h2-12H,13-15H2,1H3,(H,23,26)(H,24,25). The number of carbonyl (C=O) groups is 2. The predicted octanol–water partition coefficient (Wildman–Crippen LogP) is 2.82. The Morgan fingerprint density at radius 2 is 1.59 bits per heavy atom. The predicted molar refractivity (Wildman–Crippen MR) is 106 cm³/mol. The molecule has 0 unspecified atom stereocenters. The van der Waals surface area contributed by atoms with Gasteiger partial charge in [0.15, 0.2) is 0 Å². The number of carbonyl (C=O) groups excluding carboxylic acids is 2. The lowest BCUT2D eigenvalue weighted by Crippen LogP contribution is -2.37. The van der Waals surface area contributed by atoms with Crippen molar-refractivity contribution in [2.75, 3.05) is 13.7 Å². The summed E-state index contributed by atoms with van der Waals surface area (Å²) in [5, 5.41) is 7.62. The monoisotopic (exact) mass is 362 g/mol. The van der Waals surface area contributed by atoms with Crippen molar-refractivity contribution in [3.63, 3.8) is 0 Å². The fourth-order valence-electron chi connectivity index (χ4n) is 2.96. The van der Waals surface area contributed by atoms with E-state index in [0.717, 1.165) is 27.6 Å². The minimum atomic E-state index is -0.244. The molecule has 0 aromatic heterocycles. The summed E-state index contributed by atoms with van der Waals surface area (Å²) in [5.41, 5.74) is 1.83. The topological polar surface area (TPSA) is 67.4 Å². The van der Waals surface area contributed by atoms with Crippen LogP contribution in [0.1, 0.15) is 11.1 Å². The van der Waals surface area contributed by atoms with E-state index in [9.17, 15) is 9.59 Å². The van der Waals surface area contributed by atoms with Crippen molar-refractivity contribution in [2.45, 2.75) is 13.0 Å². The first-order chi connectivity index (χ1) is 13.2. The highest BCUT2D eigenvalue weighted by Crippen LogP contribution is 2.27. The molecule has 0 heterocycles. The van der Waals surface area contributed by atoms with Gasteiger partial charge in [-0.15, -0.1) is 0 Å². The smallest absolute Gasteiger partial charge is 0.239 e. The van der Waals surface area contributed by atoms with Gasteiger partial charge in [0.25, 0.3) is 0 Å². The number of amides is 2. The molecule has 0 atom stereocenters. The van der Waals surface area contributed by atoms with E-state index in [4.69, 9.17) is 4.74 Å². The zero-order valence-corrected chi connectivity index (χ0v) is 15.2. The van der Waals surface area contributed by atoms with Crippen LogP contribution in [0.15, 0.2) is 66.7 Å². The summed E-state index contributed by atoms with van der Waals surface area (Å²) in [7, 11) is 1.61. The number of hydrogen-bond donors (Lipinski definition) is 2. The van der Waals surface area contributed by atoms with Crippen LogP contribution in [0.5, 0.6) is 5.75 Å². The molecule has 5 heteroatoms. The minimum absolute atomic E-state index is 0.0568. The maximum Gasteiger partial charge on any atom is 0.239 e. The first-order valence-electron chi connectivity index (χ1n) is 8.79. The zero-order valence-electron chi connectivity index (χ0n) is 15.2. The number of fused-ring (bicyclic) bond motifs is 1. The maximum absolute atomic E-state index is 12.1. The van der Waals surface area contributed by atoms with Crippen molar-refractivity contribution >= 4 is 22.6 Å². The molecule has 0 saturated carbocycles. The summed E-state index contributed by atoms with van der Waals surface area (Å²) < 4.78 is 5.43. The molecule has 0 aliphatic rings. The molecule has 27 heavy (non-hydrogen) atoms. The molecule has 0 spiro atoms. The van der Waals surface area contributed by atoms with E-state index in [-0.39, 0.29) is 24.8 Å². The van der Waals surface area contributed by atoms with Gasteiger partial charge in [0.2, 0.25) is 11.8 Å². The Morgan fingerprint density at radius 1 is 0.852 bits per heavy atom. The zero-order chi connectivity index (χ0) is 19.1. The van der Waals surface area contributed by atoms with Crippen molar-refractivity contribution in [3.05, 3.63) is 77.9 Å². The average Bonchev–Trinajstić information content (AvgIpc) is 2.71. The molecule has 0 aliphatic heterocycles. The highest BCUT2D eigenvalue weighted by atomic mass is 16.5. The van der Waals surface area contributed by atoms with Crippen LogP contribution >= 0.6 is 0 Å². The number of nitrogens with one attached hydrogen (secondary N) is 2. The van der Waals surface area contributed by atoms with Crippen LogP contribution in [0.3, 0.4) is 0 Å². The summed E-state index contributed by atoms with van der Waals surface area (Å²) in [5.74, 6) is 0.299. The molecule has 5 nitrogen and oxygen atoms in total. The lowest BCUT2D eigenvalue weighted by Gasteiger charge is -2.13. The van der Waals surface area contributed by atoms with Crippen molar-refractivity contribution in [1.29, 1.82) is 0 Å². The van der Waals surface area contributed by atoms with Gasteiger partial charge in [0.05, 0.1) is 20.1 Å². The molecule has 0 bridgehead atoms. The van der Waals surface area contributed by atoms with Gasteiger partial charge in [-0.1, -0.05) is 60.7 Å². The van der Waals surface area contributed by atoms with Crippen LogP contribution in [-0.2, 0) is 22.6 Å². The summed E-state index contributed by atoms with van der Waals surface area (Å²) >= 11 is 0. The van der Waals surface area contributed by atoms with Crippen LogP contribution in [0.2, 0.25) is 0 Å². The Kier molecular flexibility index (Phi) is 6.05. The molecular weight excluding hydrogens is 340 g/mol. The van der Waals surface area contributed by atoms with Gasteiger partial charge >= 0.3 is 0 Å². The minimum Gasteiger partial charge on any atom is -0.496 e. The molecule has 0 fully saturated rings. The summed E-state index contributed by atoms with van der Waals surface area (Å²) in [4.78, 5) is 24.1. The van der Waals surface area contributed by atoms with Gasteiger partial charge < -0.3 is 15.4 Å². The molecule has 138 valence electrons. The Bertz CT molecular complexity index is 939. The third kappa shape index (κ3) is 4.85. The second-order valence-corrected chi connectivity index (χ2v) is 6.18. The Hall–Kier alpha value is -3.34. The van der Waals surface area contributed by atoms with Gasteiger partial charge in [0.1, 0.15) is 5.75 Å². The molecule has 3 aromatic rings. The largest absolute Gasteiger partial charge is 0.496 e. The van der Waals surface area contributed by atoms with Crippen LogP contribution < -0.4 is 15.4 Å². The van der Waals surface area contributed by atoms with Gasteiger partial charge in [0, 0.05) is 12.1 Å². The quantitative estimate of drug-likeness (QED) is 0.679. The first kappa shape index (κ1) is 18.5. The van der Waals surface area contributed by atoms with Gasteiger partial charge in [-0.25, -0.2) is 0 Å². The number of rotatable bonds is 7. The van der Waals surface area contributed by atoms with Gasteiger partial charge in [-0.3, -0.25) is 9.59 Å². The second kappa shape index (κ2) is 8.85. The molecule has 2 N–H and O–H groups in total. The van der Waals surface area contributed by atoms with Crippen molar-refractivity contribution in [2.24, 2.45) is 0 Å². The lowest BCUT2D eigenvalue weighted by molar-refractivity contribution is -0.125. The van der Waals surface area contributed by atoms with Gasteiger partial charge in [-0.2, -0.15) is 0 Å². The first-order valence-corrected chi connectivity index (χ1v) is 8.79. The Balaban J connectivity index is 1.56. The van der Waals surface area contributed by atoms with E-state index in [0.29, 0.717) is 6.54 Å². The summed E-state index contributed by atoms with van der Waals surface area (Å²) in [6.07, 6.45) is 0.255. The highest BCUT2D eigenvalue weighted by molar-refractivity contribution is 5.89. The van der Waals surface area contributed by atoms with E-state index in [1.807, 2.05) is 66.7 Å². The highest BCUT2D eigenvalue weighted by Gasteiger charge is 2.11. The lowest BCUT2D eigenvalue weighted by atomic mass is 10.0. The molecule has 0 saturated heterocycles. The third-order valence-corrected chi connectivity index (χ3v) is 4.33. The normalized spacial score (nSPS) is 10.4. The number of benzene rings is 3. The maximum atomic E-state index is 12.1. The summed E-state index contributed by atoms with van der Waals surface area (Å²) in [6, 6.07) is 21.3. The SMILES string of the molecule is COc1ccc2ccccc2c1CNC(=O)CNC(=O)Cc1ccccc1. The van der Waals surface area contributed by atoms with E-state index in [1.54, 1.807) is 7.11 Å². The molecule has 3 aromatic carbocycles. The number of hydrogen-bond acceptors (Lipinski definition) is 3. The van der Waals surface area contributed by atoms with Crippen LogP contribution in [0.4, 0.5) is 0 Å². The molecule has 0 aliphatic carbocycles. The van der Waals surface area contributed by atoms with E-state index < -0.39 is 0 Å². The second-order valence-electron chi connectivity index (χ2n) is 6.18. The molecule has 0 radical (unpaired) electrons. The van der Waals surface area contributed by atoms with Crippen molar-refractivity contribution < 1.29 is 14.3 Å². The molecule has 3 rings (SSSR count). The van der Waals surface area contributed by atoms with Crippen LogP contribution in [0.25, 0.3) is 10.8 Å². The third-order valence-electron chi connectivity index (χ3n) is 4.33. The Labute approximate surface area is 158 Å². The molecule has 2 amide bonds. The van der Waals surface area contributed by atoms with Crippen molar-refractivity contribution in [1.82, 2.24) is 10.6 Å². The van der Waals surface area contributed by atoms with Crippen molar-refractivity contribution in [3.8, 4) is 5.75 Å².